The number of aryl methyl sites for hydroxylation is 1. The molecule has 0 aliphatic carbocycles. The highest BCUT2D eigenvalue weighted by atomic mass is 32.2. The van der Waals surface area contributed by atoms with Crippen LogP contribution in [0.4, 0.5) is 11.4 Å². The van der Waals surface area contributed by atoms with Gasteiger partial charge < -0.3 is 5.32 Å². The Kier molecular flexibility index (Phi) is 4.37. The Morgan fingerprint density at radius 3 is 2.71 bits per heavy atom. The first-order valence-electron chi connectivity index (χ1n) is 6.67. The van der Waals surface area contributed by atoms with Crippen LogP contribution in [-0.2, 0) is 0 Å². The summed E-state index contributed by atoms with van der Waals surface area (Å²) in [6.45, 7) is 7.01. The highest BCUT2D eigenvalue weighted by molar-refractivity contribution is 7.99. The Bertz CT molecular complexity index is 686. The molecular weight excluding hydrogens is 286 g/mol. The van der Waals surface area contributed by atoms with E-state index in [9.17, 15) is 10.1 Å². The maximum atomic E-state index is 10.9. The molecule has 0 saturated carbocycles. The topological polar surface area (TPSA) is 68.1 Å². The summed E-state index contributed by atoms with van der Waals surface area (Å²) in [7, 11) is 0. The number of aromatic nitrogens is 1. The molecule has 0 amide bonds. The molecule has 0 bridgehead atoms. The average Bonchev–Trinajstić information content (AvgIpc) is 2.44. The van der Waals surface area contributed by atoms with E-state index in [1.165, 1.54) is 6.07 Å². The van der Waals surface area contributed by atoms with Crippen molar-refractivity contribution in [3.05, 3.63) is 40.1 Å². The molecule has 0 fully saturated rings. The first-order valence-corrected chi connectivity index (χ1v) is 7.90. The van der Waals surface area contributed by atoms with E-state index in [-0.39, 0.29) is 15.4 Å². The second-order valence-electron chi connectivity index (χ2n) is 5.59. The zero-order valence-electron chi connectivity index (χ0n) is 12.6. The summed E-state index contributed by atoms with van der Waals surface area (Å²) in [5, 5.41) is 15.1. The molecule has 0 saturated heterocycles. The number of hydrogen-bond donors (Lipinski definition) is 1. The molecule has 1 aromatic carbocycles. The van der Waals surface area contributed by atoms with Crippen molar-refractivity contribution in [3.8, 4) is 0 Å². The summed E-state index contributed by atoms with van der Waals surface area (Å²) in [4.78, 5) is 15.0. The maximum absolute atomic E-state index is 10.9. The van der Waals surface area contributed by atoms with E-state index in [0.717, 1.165) is 28.8 Å². The van der Waals surface area contributed by atoms with Gasteiger partial charge in [0.1, 0.15) is 0 Å². The minimum absolute atomic E-state index is 0.0836. The quantitative estimate of drug-likeness (QED) is 0.668. The number of anilines is 1. The standard InChI is InChI=1S/C15H19N3O2S/c1-10-7-14(16-9-15(2,3)21-4)12-8-11(18(19)20)5-6-13(12)17-10/h5-8H,9H2,1-4H3,(H,16,17). The van der Waals surface area contributed by atoms with Gasteiger partial charge in [-0.15, -0.1) is 0 Å². The average molecular weight is 305 g/mol. The number of rotatable bonds is 5. The number of fused-ring (bicyclic) bond motifs is 1. The van der Waals surface area contributed by atoms with Gasteiger partial charge in [-0.3, -0.25) is 15.1 Å². The summed E-state index contributed by atoms with van der Waals surface area (Å²) in [5.74, 6) is 0. The Morgan fingerprint density at radius 2 is 2.10 bits per heavy atom. The molecule has 0 aliphatic rings. The third kappa shape index (κ3) is 3.64. The first-order chi connectivity index (χ1) is 9.82. The van der Waals surface area contributed by atoms with Gasteiger partial charge in [-0.2, -0.15) is 11.8 Å². The number of hydrogen-bond acceptors (Lipinski definition) is 5. The second kappa shape index (κ2) is 5.89. The van der Waals surface area contributed by atoms with Gasteiger partial charge in [0.2, 0.25) is 0 Å². The van der Waals surface area contributed by atoms with Crippen molar-refractivity contribution in [1.29, 1.82) is 0 Å². The zero-order chi connectivity index (χ0) is 15.6. The minimum Gasteiger partial charge on any atom is -0.383 e. The molecule has 6 heteroatoms. The lowest BCUT2D eigenvalue weighted by Crippen LogP contribution is -2.26. The van der Waals surface area contributed by atoms with E-state index < -0.39 is 0 Å². The fourth-order valence-electron chi connectivity index (χ4n) is 1.99. The van der Waals surface area contributed by atoms with Gasteiger partial charge in [0.15, 0.2) is 0 Å². The van der Waals surface area contributed by atoms with E-state index in [1.54, 1.807) is 23.9 Å². The molecule has 1 N–H and O–H groups in total. The fraction of sp³-hybridized carbons (Fsp3) is 0.400. The summed E-state index contributed by atoms with van der Waals surface area (Å²) in [5.41, 5.74) is 2.63. The molecule has 1 heterocycles. The van der Waals surface area contributed by atoms with E-state index in [1.807, 2.05) is 13.0 Å². The third-order valence-corrected chi connectivity index (χ3v) is 4.64. The number of nitrogens with zero attached hydrogens (tertiary/aromatic N) is 2. The van der Waals surface area contributed by atoms with Crippen LogP contribution in [0.2, 0.25) is 0 Å². The predicted molar refractivity (Wildman–Crippen MR) is 89.2 cm³/mol. The van der Waals surface area contributed by atoms with Gasteiger partial charge in [-0.25, -0.2) is 0 Å². The van der Waals surface area contributed by atoms with Crippen LogP contribution in [0.25, 0.3) is 10.9 Å². The Morgan fingerprint density at radius 1 is 1.38 bits per heavy atom. The number of benzene rings is 1. The van der Waals surface area contributed by atoms with Crippen LogP contribution in [0.3, 0.4) is 0 Å². The summed E-state index contributed by atoms with van der Waals surface area (Å²) >= 11 is 1.78. The summed E-state index contributed by atoms with van der Waals surface area (Å²) in [6.07, 6.45) is 2.07. The lowest BCUT2D eigenvalue weighted by molar-refractivity contribution is -0.384. The molecule has 0 unspecified atom stereocenters. The van der Waals surface area contributed by atoms with Crippen LogP contribution < -0.4 is 5.32 Å². The normalized spacial score (nSPS) is 11.6. The summed E-state index contributed by atoms with van der Waals surface area (Å²) < 4.78 is 0.0875. The number of nitro benzene ring substituents is 1. The van der Waals surface area contributed by atoms with Gasteiger partial charge >= 0.3 is 0 Å². The van der Waals surface area contributed by atoms with Crippen LogP contribution in [0.1, 0.15) is 19.5 Å². The highest BCUT2D eigenvalue weighted by Gasteiger charge is 2.17. The van der Waals surface area contributed by atoms with Gasteiger partial charge in [-0.1, -0.05) is 0 Å². The lowest BCUT2D eigenvalue weighted by atomic mass is 10.1. The maximum Gasteiger partial charge on any atom is 0.270 e. The number of thioether (sulfide) groups is 1. The smallest absolute Gasteiger partial charge is 0.270 e. The Labute approximate surface area is 128 Å². The number of pyridine rings is 1. The van der Waals surface area contributed by atoms with Crippen molar-refractivity contribution in [1.82, 2.24) is 4.98 Å². The van der Waals surface area contributed by atoms with Crippen LogP contribution in [0.5, 0.6) is 0 Å². The molecular formula is C15H19N3O2S. The van der Waals surface area contributed by atoms with Gasteiger partial charge in [-0.05, 0) is 39.2 Å². The van der Waals surface area contributed by atoms with Crippen molar-refractivity contribution in [2.75, 3.05) is 18.1 Å². The van der Waals surface area contributed by atoms with Crippen LogP contribution in [0.15, 0.2) is 24.3 Å². The minimum atomic E-state index is -0.380. The van der Waals surface area contributed by atoms with Crippen molar-refractivity contribution >= 4 is 34.0 Å². The molecule has 112 valence electrons. The highest BCUT2D eigenvalue weighted by Crippen LogP contribution is 2.29. The van der Waals surface area contributed by atoms with E-state index >= 15 is 0 Å². The molecule has 1 aromatic heterocycles. The monoisotopic (exact) mass is 305 g/mol. The van der Waals surface area contributed by atoms with Gasteiger partial charge in [0.05, 0.1) is 10.4 Å². The van der Waals surface area contributed by atoms with Crippen LogP contribution in [0, 0.1) is 17.0 Å². The molecule has 0 atom stereocenters. The largest absolute Gasteiger partial charge is 0.383 e. The molecule has 5 nitrogen and oxygen atoms in total. The van der Waals surface area contributed by atoms with Gasteiger partial charge in [0, 0.05) is 40.2 Å². The van der Waals surface area contributed by atoms with E-state index in [4.69, 9.17) is 0 Å². The zero-order valence-corrected chi connectivity index (χ0v) is 13.5. The SMILES string of the molecule is CSC(C)(C)CNc1cc(C)nc2ccc([N+](=O)[O-])cc12. The van der Waals surface area contributed by atoms with Gasteiger partial charge in [0.25, 0.3) is 5.69 Å². The molecule has 21 heavy (non-hydrogen) atoms. The van der Waals surface area contributed by atoms with Crippen molar-refractivity contribution in [3.63, 3.8) is 0 Å². The number of nitrogens with one attached hydrogen (secondary N) is 1. The molecule has 0 radical (unpaired) electrons. The molecule has 2 rings (SSSR count). The van der Waals surface area contributed by atoms with Crippen molar-refractivity contribution in [2.45, 2.75) is 25.5 Å². The Hall–Kier alpha value is -1.82. The number of non-ortho nitro benzene ring substituents is 1. The summed E-state index contributed by atoms with van der Waals surface area (Å²) in [6, 6.07) is 6.70. The van der Waals surface area contributed by atoms with Crippen LogP contribution >= 0.6 is 11.8 Å². The van der Waals surface area contributed by atoms with E-state index in [2.05, 4.69) is 30.4 Å². The molecule has 0 spiro atoms. The fourth-order valence-corrected chi connectivity index (χ4v) is 2.20. The van der Waals surface area contributed by atoms with Crippen LogP contribution in [-0.4, -0.2) is 27.5 Å². The van der Waals surface area contributed by atoms with Crippen molar-refractivity contribution in [2.24, 2.45) is 0 Å². The van der Waals surface area contributed by atoms with Crippen molar-refractivity contribution < 1.29 is 4.92 Å². The second-order valence-corrected chi connectivity index (χ2v) is 7.10. The number of nitro groups is 1. The molecule has 0 aliphatic heterocycles. The third-order valence-electron chi connectivity index (χ3n) is 3.39. The lowest BCUT2D eigenvalue weighted by Gasteiger charge is -2.23. The first kappa shape index (κ1) is 15.6. The van der Waals surface area contributed by atoms with E-state index in [0.29, 0.717) is 0 Å². The predicted octanol–water partition coefficient (Wildman–Crippen LogP) is 4.00. The Balaban J connectivity index is 2.45. The molecule has 2 aromatic rings.